The van der Waals surface area contributed by atoms with Gasteiger partial charge in [0, 0.05) is 25.5 Å². The number of aryl methyl sites for hydroxylation is 1. The Kier molecular flexibility index (Phi) is 7.99. The number of carbonyl (C=O) groups is 4. The number of anilines is 2. The van der Waals surface area contributed by atoms with Crippen molar-refractivity contribution in [3.63, 3.8) is 0 Å². The summed E-state index contributed by atoms with van der Waals surface area (Å²) in [5, 5.41) is 4.17. The number of nitrogens with zero attached hydrogens (tertiary/aromatic N) is 4. The fraction of sp³-hybridized carbons (Fsp3) is 0.429. The number of hydrogen-bond acceptors (Lipinski definition) is 11. The minimum Gasteiger partial charge on any atom is -0.486 e. The van der Waals surface area contributed by atoms with Gasteiger partial charge in [0.15, 0.2) is 0 Å². The normalized spacial score (nSPS) is 17.5. The SMILES string of the molecule is Cc1c(C(=O)ON2C(=O)CCC2=O)sc2ncnc(Nc3ccc(F)cc3OC3CCCN(C(=O)OC(C)(C)C)C3)c12. The zero-order valence-electron chi connectivity index (χ0n) is 23.6. The van der Waals surface area contributed by atoms with Crippen molar-refractivity contribution < 1.29 is 37.9 Å². The quantitative estimate of drug-likeness (QED) is 0.390. The lowest BCUT2D eigenvalue weighted by molar-refractivity contribution is -0.172. The van der Waals surface area contributed by atoms with Crippen molar-refractivity contribution in [1.82, 2.24) is 19.9 Å². The number of benzene rings is 1. The second-order valence-electron chi connectivity index (χ2n) is 11.0. The first-order chi connectivity index (χ1) is 19.9. The molecular weight excluding hydrogens is 569 g/mol. The summed E-state index contributed by atoms with van der Waals surface area (Å²) in [5.74, 6) is -1.97. The van der Waals surface area contributed by atoms with Crippen molar-refractivity contribution in [3.8, 4) is 5.75 Å². The number of imide groups is 1. The van der Waals surface area contributed by atoms with Crippen LogP contribution in [0.3, 0.4) is 0 Å². The van der Waals surface area contributed by atoms with Crippen molar-refractivity contribution in [2.24, 2.45) is 0 Å². The van der Waals surface area contributed by atoms with E-state index >= 15 is 0 Å². The Morgan fingerprint density at radius 3 is 2.60 bits per heavy atom. The molecule has 3 aromatic rings. The highest BCUT2D eigenvalue weighted by atomic mass is 32.1. The Hall–Kier alpha value is -4.33. The molecule has 1 unspecified atom stereocenters. The summed E-state index contributed by atoms with van der Waals surface area (Å²) in [6.07, 6.45) is 1.79. The molecule has 3 amide bonds. The Morgan fingerprint density at radius 2 is 1.88 bits per heavy atom. The van der Waals surface area contributed by atoms with E-state index in [4.69, 9.17) is 14.3 Å². The first-order valence-corrected chi connectivity index (χ1v) is 14.2. The number of likely N-dealkylation sites (tertiary alicyclic amines) is 1. The molecule has 14 heteroatoms. The summed E-state index contributed by atoms with van der Waals surface area (Å²) >= 11 is 1.03. The fourth-order valence-corrected chi connectivity index (χ4v) is 5.69. The third kappa shape index (κ3) is 6.27. The topological polar surface area (TPSA) is 140 Å². The predicted octanol–water partition coefficient (Wildman–Crippen LogP) is 4.88. The molecule has 222 valence electrons. The zero-order valence-corrected chi connectivity index (χ0v) is 24.4. The molecule has 0 aliphatic carbocycles. The van der Waals surface area contributed by atoms with Crippen molar-refractivity contribution in [3.05, 3.63) is 40.8 Å². The highest BCUT2D eigenvalue weighted by Gasteiger charge is 2.34. The number of hydroxylamine groups is 2. The van der Waals surface area contributed by atoms with Crippen molar-refractivity contribution in [2.45, 2.75) is 65.1 Å². The monoisotopic (exact) mass is 599 g/mol. The molecule has 5 rings (SSSR count). The zero-order chi connectivity index (χ0) is 30.2. The Bertz CT molecular complexity index is 1550. The minimum atomic E-state index is -0.859. The van der Waals surface area contributed by atoms with E-state index in [1.807, 2.05) is 0 Å². The van der Waals surface area contributed by atoms with Crippen LogP contribution in [0.2, 0.25) is 0 Å². The molecule has 12 nitrogen and oxygen atoms in total. The molecule has 2 saturated heterocycles. The lowest BCUT2D eigenvalue weighted by atomic mass is 10.1. The van der Waals surface area contributed by atoms with Gasteiger partial charge in [-0.05, 0) is 58.2 Å². The maximum atomic E-state index is 14.3. The Balaban J connectivity index is 1.37. The lowest BCUT2D eigenvalue weighted by Gasteiger charge is -2.34. The summed E-state index contributed by atoms with van der Waals surface area (Å²) < 4.78 is 26.0. The standard InChI is InChI=1S/C28H30FN5O7S/c1-15-22-24(30-14-31-25(22)42-23(15)26(37)41-34-20(35)9-10-21(34)36)32-18-8-7-16(29)12-19(18)39-17-6-5-11-33(13-17)27(38)40-28(2,3)4/h7-8,12,14,17H,5-6,9-11,13H2,1-4H3,(H,30,31,32). The number of rotatable bonds is 6. The van der Waals surface area contributed by atoms with E-state index in [2.05, 4.69) is 15.3 Å². The summed E-state index contributed by atoms with van der Waals surface area (Å²) in [6, 6.07) is 4.03. The molecule has 4 heterocycles. The van der Waals surface area contributed by atoms with Gasteiger partial charge in [-0.15, -0.1) is 16.4 Å². The average Bonchev–Trinajstić information content (AvgIpc) is 3.43. The predicted molar refractivity (Wildman–Crippen MR) is 150 cm³/mol. The largest absolute Gasteiger partial charge is 0.486 e. The first-order valence-electron chi connectivity index (χ1n) is 13.4. The number of hydrogen-bond donors (Lipinski definition) is 1. The summed E-state index contributed by atoms with van der Waals surface area (Å²) in [5.41, 5.74) is 0.258. The molecule has 2 aromatic heterocycles. The van der Waals surface area contributed by atoms with E-state index in [9.17, 15) is 23.6 Å². The van der Waals surface area contributed by atoms with E-state index < -0.39 is 41.4 Å². The van der Waals surface area contributed by atoms with Gasteiger partial charge in [-0.2, -0.15) is 0 Å². The second kappa shape index (κ2) is 11.5. The van der Waals surface area contributed by atoms with Gasteiger partial charge in [-0.25, -0.2) is 23.9 Å². The average molecular weight is 600 g/mol. The number of ether oxygens (including phenoxy) is 2. The number of piperidine rings is 1. The molecule has 0 radical (unpaired) electrons. The molecule has 42 heavy (non-hydrogen) atoms. The van der Waals surface area contributed by atoms with Crippen LogP contribution < -0.4 is 10.1 Å². The summed E-state index contributed by atoms with van der Waals surface area (Å²) in [6.45, 7) is 7.88. The molecule has 0 bridgehead atoms. The summed E-state index contributed by atoms with van der Waals surface area (Å²) in [7, 11) is 0. The first kappa shape index (κ1) is 29.2. The third-order valence-electron chi connectivity index (χ3n) is 6.61. The second-order valence-corrected chi connectivity index (χ2v) is 12.0. The summed E-state index contributed by atoms with van der Waals surface area (Å²) in [4.78, 5) is 65.2. The number of carbonyl (C=O) groups excluding carboxylic acids is 4. The highest BCUT2D eigenvalue weighted by Crippen LogP contribution is 2.37. The van der Waals surface area contributed by atoms with E-state index in [1.54, 1.807) is 32.6 Å². The van der Waals surface area contributed by atoms with Gasteiger partial charge in [0.25, 0.3) is 11.8 Å². The third-order valence-corrected chi connectivity index (χ3v) is 7.79. The van der Waals surface area contributed by atoms with Crippen LogP contribution in [-0.2, 0) is 19.2 Å². The molecule has 1 N–H and O–H groups in total. The number of halogens is 1. The van der Waals surface area contributed by atoms with Gasteiger partial charge >= 0.3 is 12.1 Å². The molecule has 1 aromatic carbocycles. The highest BCUT2D eigenvalue weighted by molar-refractivity contribution is 7.20. The van der Waals surface area contributed by atoms with Gasteiger partial charge in [-0.3, -0.25) is 9.59 Å². The Labute approximate surface area is 244 Å². The van der Waals surface area contributed by atoms with Gasteiger partial charge in [-0.1, -0.05) is 0 Å². The van der Waals surface area contributed by atoms with Crippen LogP contribution >= 0.6 is 11.3 Å². The Morgan fingerprint density at radius 1 is 1.14 bits per heavy atom. The molecule has 2 aliphatic rings. The molecular formula is C28H30FN5O7S. The number of fused-ring (bicyclic) bond motifs is 1. The van der Waals surface area contributed by atoms with Crippen LogP contribution in [0, 0.1) is 12.7 Å². The van der Waals surface area contributed by atoms with Gasteiger partial charge in [0.1, 0.15) is 45.1 Å². The van der Waals surface area contributed by atoms with Crippen LogP contribution in [0.4, 0.5) is 20.7 Å². The van der Waals surface area contributed by atoms with Crippen LogP contribution in [0.25, 0.3) is 10.2 Å². The molecule has 0 saturated carbocycles. The van der Waals surface area contributed by atoms with Crippen LogP contribution in [0.1, 0.15) is 61.7 Å². The molecule has 2 aliphatic heterocycles. The number of thiophene rings is 1. The van der Waals surface area contributed by atoms with Crippen molar-refractivity contribution in [1.29, 1.82) is 0 Å². The van der Waals surface area contributed by atoms with Gasteiger partial charge in [0.2, 0.25) is 0 Å². The van der Waals surface area contributed by atoms with Crippen LogP contribution in [0.15, 0.2) is 24.5 Å². The number of aromatic nitrogens is 2. The van der Waals surface area contributed by atoms with Crippen molar-refractivity contribution >= 4 is 56.9 Å². The maximum absolute atomic E-state index is 14.3. The fourth-order valence-electron chi connectivity index (χ4n) is 4.67. The van der Waals surface area contributed by atoms with E-state index in [-0.39, 0.29) is 30.0 Å². The smallest absolute Gasteiger partial charge is 0.410 e. The van der Waals surface area contributed by atoms with E-state index in [0.29, 0.717) is 51.7 Å². The van der Waals surface area contributed by atoms with Crippen LogP contribution in [-0.4, -0.2) is 68.6 Å². The molecule has 0 spiro atoms. The van der Waals surface area contributed by atoms with Crippen molar-refractivity contribution in [2.75, 3.05) is 18.4 Å². The van der Waals surface area contributed by atoms with Crippen LogP contribution in [0.5, 0.6) is 5.75 Å². The maximum Gasteiger partial charge on any atom is 0.410 e. The molecule has 2 fully saturated rings. The minimum absolute atomic E-state index is 0.0149. The van der Waals surface area contributed by atoms with E-state index in [0.717, 1.165) is 11.3 Å². The number of nitrogens with one attached hydrogen (secondary N) is 1. The lowest BCUT2D eigenvalue weighted by Crippen LogP contribution is -2.46. The number of amides is 3. The van der Waals surface area contributed by atoms with Gasteiger partial charge < -0.3 is 24.5 Å². The van der Waals surface area contributed by atoms with Gasteiger partial charge in [0.05, 0.1) is 17.6 Å². The molecule has 1 atom stereocenters. The van der Waals surface area contributed by atoms with E-state index in [1.165, 1.54) is 24.5 Å².